The van der Waals surface area contributed by atoms with Crippen LogP contribution < -0.4 is 9.62 Å². The lowest BCUT2D eigenvalue weighted by atomic mass is 10.0. The fourth-order valence-electron chi connectivity index (χ4n) is 4.77. The topological polar surface area (TPSA) is 86.8 Å². The van der Waals surface area contributed by atoms with Crippen LogP contribution in [0, 0.1) is 6.92 Å². The Morgan fingerprint density at radius 1 is 0.844 bits per heavy atom. The van der Waals surface area contributed by atoms with Gasteiger partial charge in [-0.15, -0.1) is 0 Å². The van der Waals surface area contributed by atoms with Gasteiger partial charge in [-0.05, 0) is 61.4 Å². The predicted molar refractivity (Wildman–Crippen MR) is 181 cm³/mol. The summed E-state index contributed by atoms with van der Waals surface area (Å²) in [5.74, 6) is -1.01. The summed E-state index contributed by atoms with van der Waals surface area (Å²) in [6, 6.07) is 25.9. The van der Waals surface area contributed by atoms with Gasteiger partial charge in [0.1, 0.15) is 12.6 Å². The molecule has 0 heterocycles. The average Bonchev–Trinajstić information content (AvgIpc) is 3.02. The molecule has 7 nitrogen and oxygen atoms in total. The van der Waals surface area contributed by atoms with E-state index in [1.165, 1.54) is 23.1 Å². The summed E-state index contributed by atoms with van der Waals surface area (Å²) in [5.41, 5.74) is 2.33. The first kappa shape index (κ1) is 34.3. The Morgan fingerprint density at radius 3 is 2.11 bits per heavy atom. The zero-order chi connectivity index (χ0) is 32.6. The van der Waals surface area contributed by atoms with E-state index in [9.17, 15) is 18.0 Å². The number of anilines is 1. The minimum Gasteiger partial charge on any atom is -0.354 e. The van der Waals surface area contributed by atoms with Gasteiger partial charge in [-0.2, -0.15) is 0 Å². The Kier molecular flexibility index (Phi) is 11.9. The SMILES string of the molecule is CCCNC(=O)C(Cc1ccccc1)N(Cc1c(Cl)cccc1Cl)C(=O)CN(c1cccc(Cl)c1)S(=O)(=O)c1ccc(C)cc1. The molecular weight excluding hydrogens is 653 g/mol. The van der Waals surface area contributed by atoms with Crippen molar-refractivity contribution in [2.45, 2.75) is 44.2 Å². The maximum absolute atomic E-state index is 14.5. The highest BCUT2D eigenvalue weighted by Crippen LogP contribution is 2.30. The molecule has 0 bridgehead atoms. The fraction of sp³-hybridized carbons (Fsp3) is 0.235. The molecule has 236 valence electrons. The molecule has 4 aromatic rings. The standard InChI is InChI=1S/C34H34Cl3N3O4S/c1-3-19-38-34(42)32(20-25-9-5-4-6-10-25)39(22-29-30(36)13-8-14-31(29)37)33(41)23-40(27-12-7-11-26(35)21-27)45(43,44)28-17-15-24(2)16-18-28/h4-18,21,32H,3,19-20,22-23H2,1-2H3,(H,38,42). The molecule has 0 radical (unpaired) electrons. The normalized spacial score (nSPS) is 11.9. The number of carbonyl (C=O) groups is 2. The summed E-state index contributed by atoms with van der Waals surface area (Å²) in [6.45, 7) is 3.42. The van der Waals surface area contributed by atoms with Gasteiger partial charge in [0.15, 0.2) is 0 Å². The minimum atomic E-state index is -4.25. The number of amides is 2. The number of nitrogens with one attached hydrogen (secondary N) is 1. The van der Waals surface area contributed by atoms with Gasteiger partial charge in [-0.25, -0.2) is 8.42 Å². The smallest absolute Gasteiger partial charge is 0.264 e. The van der Waals surface area contributed by atoms with Gasteiger partial charge >= 0.3 is 0 Å². The van der Waals surface area contributed by atoms with Crippen molar-refractivity contribution in [3.8, 4) is 0 Å². The number of hydrogen-bond acceptors (Lipinski definition) is 4. The van der Waals surface area contributed by atoms with Crippen LogP contribution in [-0.4, -0.2) is 44.3 Å². The average molecular weight is 687 g/mol. The van der Waals surface area contributed by atoms with Crippen LogP contribution in [0.4, 0.5) is 5.69 Å². The van der Waals surface area contributed by atoms with E-state index in [0.29, 0.717) is 33.6 Å². The van der Waals surface area contributed by atoms with Gasteiger partial charge in [-0.1, -0.05) is 102 Å². The first-order valence-corrected chi connectivity index (χ1v) is 17.0. The molecule has 1 unspecified atom stereocenters. The molecule has 4 aromatic carbocycles. The molecule has 0 spiro atoms. The Bertz CT molecular complexity index is 1720. The quantitative estimate of drug-likeness (QED) is 0.160. The predicted octanol–water partition coefficient (Wildman–Crippen LogP) is 7.32. The van der Waals surface area contributed by atoms with Crippen LogP contribution in [0.25, 0.3) is 0 Å². The Morgan fingerprint density at radius 2 is 1.49 bits per heavy atom. The first-order chi connectivity index (χ1) is 21.5. The molecule has 0 saturated carbocycles. The van der Waals surface area contributed by atoms with E-state index in [1.807, 2.05) is 44.2 Å². The summed E-state index contributed by atoms with van der Waals surface area (Å²) < 4.78 is 29.2. The zero-order valence-corrected chi connectivity index (χ0v) is 28.0. The Balaban J connectivity index is 1.83. The van der Waals surface area contributed by atoms with E-state index >= 15 is 0 Å². The Hall–Kier alpha value is -3.56. The maximum atomic E-state index is 14.5. The van der Waals surface area contributed by atoms with E-state index < -0.39 is 28.5 Å². The lowest BCUT2D eigenvalue weighted by Gasteiger charge is -2.34. The van der Waals surface area contributed by atoms with Crippen molar-refractivity contribution < 1.29 is 18.0 Å². The second-order valence-corrected chi connectivity index (χ2v) is 13.6. The molecule has 1 atom stereocenters. The molecule has 0 aliphatic rings. The highest BCUT2D eigenvalue weighted by molar-refractivity contribution is 7.92. The van der Waals surface area contributed by atoms with E-state index in [2.05, 4.69) is 5.32 Å². The summed E-state index contributed by atoms with van der Waals surface area (Å²) >= 11 is 19.4. The van der Waals surface area contributed by atoms with E-state index in [1.54, 1.807) is 48.5 Å². The van der Waals surface area contributed by atoms with Gasteiger partial charge in [0.2, 0.25) is 11.8 Å². The number of sulfonamides is 1. The van der Waals surface area contributed by atoms with Crippen LogP contribution in [0.1, 0.15) is 30.0 Å². The van der Waals surface area contributed by atoms with Crippen LogP contribution in [0.15, 0.2) is 102 Å². The molecule has 2 amide bonds. The van der Waals surface area contributed by atoms with Crippen LogP contribution in [0.3, 0.4) is 0 Å². The van der Waals surface area contributed by atoms with Crippen molar-refractivity contribution in [2.24, 2.45) is 0 Å². The molecule has 4 rings (SSSR count). The van der Waals surface area contributed by atoms with E-state index in [4.69, 9.17) is 34.8 Å². The highest BCUT2D eigenvalue weighted by atomic mass is 35.5. The van der Waals surface area contributed by atoms with Gasteiger partial charge in [-0.3, -0.25) is 13.9 Å². The largest absolute Gasteiger partial charge is 0.354 e. The molecule has 0 aliphatic heterocycles. The van der Waals surface area contributed by atoms with Crippen molar-refractivity contribution in [1.29, 1.82) is 0 Å². The molecule has 0 aromatic heterocycles. The minimum absolute atomic E-state index is 0.00287. The van der Waals surface area contributed by atoms with Crippen molar-refractivity contribution in [3.05, 3.63) is 129 Å². The van der Waals surface area contributed by atoms with Crippen LogP contribution in [0.5, 0.6) is 0 Å². The fourth-order valence-corrected chi connectivity index (χ4v) is 6.88. The summed E-state index contributed by atoms with van der Waals surface area (Å²) in [5, 5.41) is 3.83. The summed E-state index contributed by atoms with van der Waals surface area (Å²) in [4.78, 5) is 29.6. The van der Waals surface area contributed by atoms with Gasteiger partial charge in [0.05, 0.1) is 10.6 Å². The third kappa shape index (κ3) is 8.79. The van der Waals surface area contributed by atoms with Crippen molar-refractivity contribution >= 4 is 62.3 Å². The van der Waals surface area contributed by atoms with Crippen molar-refractivity contribution in [3.63, 3.8) is 0 Å². The second-order valence-electron chi connectivity index (χ2n) is 10.5. The van der Waals surface area contributed by atoms with Crippen LogP contribution in [0.2, 0.25) is 15.1 Å². The molecule has 1 N–H and O–H groups in total. The lowest BCUT2D eigenvalue weighted by Crippen LogP contribution is -2.53. The molecule has 0 saturated heterocycles. The molecular formula is C34H34Cl3N3O4S. The van der Waals surface area contributed by atoms with Gasteiger partial charge in [0.25, 0.3) is 10.0 Å². The summed E-state index contributed by atoms with van der Waals surface area (Å²) in [6.07, 6.45) is 0.859. The molecule has 11 heteroatoms. The monoisotopic (exact) mass is 685 g/mol. The van der Waals surface area contributed by atoms with E-state index in [0.717, 1.165) is 15.4 Å². The first-order valence-electron chi connectivity index (χ1n) is 14.4. The third-order valence-electron chi connectivity index (χ3n) is 7.19. The van der Waals surface area contributed by atoms with E-state index in [-0.39, 0.29) is 29.5 Å². The van der Waals surface area contributed by atoms with Crippen molar-refractivity contribution in [1.82, 2.24) is 10.2 Å². The Labute approximate surface area is 279 Å². The highest BCUT2D eigenvalue weighted by Gasteiger charge is 2.35. The maximum Gasteiger partial charge on any atom is 0.264 e. The number of aryl methyl sites for hydroxylation is 1. The number of hydrogen-bond donors (Lipinski definition) is 1. The lowest BCUT2D eigenvalue weighted by molar-refractivity contribution is -0.140. The molecule has 0 fully saturated rings. The molecule has 0 aliphatic carbocycles. The van der Waals surface area contributed by atoms with Gasteiger partial charge in [0, 0.05) is 40.1 Å². The number of carbonyl (C=O) groups excluding carboxylic acids is 2. The second kappa shape index (κ2) is 15.6. The van der Waals surface area contributed by atoms with Crippen LogP contribution in [-0.2, 0) is 32.6 Å². The number of benzene rings is 4. The third-order valence-corrected chi connectivity index (χ3v) is 9.93. The summed E-state index contributed by atoms with van der Waals surface area (Å²) in [7, 11) is -4.25. The number of halogens is 3. The van der Waals surface area contributed by atoms with Crippen molar-refractivity contribution in [2.75, 3.05) is 17.4 Å². The van der Waals surface area contributed by atoms with Gasteiger partial charge < -0.3 is 10.2 Å². The van der Waals surface area contributed by atoms with Crippen LogP contribution >= 0.6 is 34.8 Å². The number of rotatable bonds is 13. The number of nitrogens with zero attached hydrogens (tertiary/aromatic N) is 2. The zero-order valence-electron chi connectivity index (χ0n) is 24.9. The molecule has 45 heavy (non-hydrogen) atoms.